The minimum absolute atomic E-state index is 0.0874. The fourth-order valence-corrected chi connectivity index (χ4v) is 3.42. The Balaban J connectivity index is 1.92. The van der Waals surface area contributed by atoms with Gasteiger partial charge in [-0.25, -0.2) is 4.39 Å². The molecule has 3 atom stereocenters. The minimum atomic E-state index is -0.307. The van der Waals surface area contributed by atoms with Gasteiger partial charge in [0.15, 0.2) is 0 Å². The molecular weight excluding hydrogens is 277 g/mol. The number of aliphatic hydroxyl groups excluding tert-OH is 1. The Morgan fingerprint density at radius 2 is 2.05 bits per heavy atom. The van der Waals surface area contributed by atoms with Crippen molar-refractivity contribution in [3.8, 4) is 0 Å². The molecule has 4 heteroatoms. The third-order valence-corrected chi connectivity index (χ3v) is 4.74. The molecule has 1 aliphatic carbocycles. The van der Waals surface area contributed by atoms with Crippen LogP contribution in [0.2, 0.25) is 5.02 Å². The smallest absolute Gasteiger partial charge is 0.124 e. The van der Waals surface area contributed by atoms with Crippen molar-refractivity contribution in [1.82, 2.24) is 5.32 Å². The number of hydrogen-bond donors (Lipinski definition) is 2. The number of aliphatic hydroxyl groups is 1. The monoisotopic (exact) mass is 299 g/mol. The van der Waals surface area contributed by atoms with E-state index in [1.807, 2.05) is 6.92 Å². The molecule has 2 rings (SSSR count). The molecule has 3 unspecified atom stereocenters. The predicted octanol–water partition coefficient (Wildman–Crippen LogP) is 3.93. The molecule has 0 aromatic heterocycles. The van der Waals surface area contributed by atoms with E-state index in [0.29, 0.717) is 16.9 Å². The minimum Gasteiger partial charge on any atom is -0.396 e. The van der Waals surface area contributed by atoms with Crippen LogP contribution < -0.4 is 5.32 Å². The van der Waals surface area contributed by atoms with E-state index in [4.69, 9.17) is 11.6 Å². The SMILES string of the molecule is CC(NCC1CCCCC1CO)c1ccc(F)cc1Cl. The molecule has 0 aliphatic heterocycles. The number of rotatable bonds is 5. The largest absolute Gasteiger partial charge is 0.396 e. The van der Waals surface area contributed by atoms with E-state index in [1.54, 1.807) is 6.07 Å². The van der Waals surface area contributed by atoms with E-state index in [2.05, 4.69) is 5.32 Å². The van der Waals surface area contributed by atoms with E-state index < -0.39 is 0 Å². The van der Waals surface area contributed by atoms with Gasteiger partial charge < -0.3 is 10.4 Å². The Bertz CT molecular complexity index is 440. The molecule has 0 radical (unpaired) electrons. The summed E-state index contributed by atoms with van der Waals surface area (Å²) in [5.41, 5.74) is 0.921. The molecule has 112 valence electrons. The molecule has 20 heavy (non-hydrogen) atoms. The van der Waals surface area contributed by atoms with E-state index in [1.165, 1.54) is 31.4 Å². The molecule has 1 aromatic carbocycles. The fourth-order valence-electron chi connectivity index (χ4n) is 3.08. The zero-order valence-corrected chi connectivity index (χ0v) is 12.7. The van der Waals surface area contributed by atoms with Crippen LogP contribution in [0.3, 0.4) is 0 Å². The quantitative estimate of drug-likeness (QED) is 0.863. The van der Waals surface area contributed by atoms with Crippen LogP contribution >= 0.6 is 11.6 Å². The Morgan fingerprint density at radius 3 is 2.70 bits per heavy atom. The average Bonchev–Trinajstić information content (AvgIpc) is 2.45. The van der Waals surface area contributed by atoms with Gasteiger partial charge in [0.2, 0.25) is 0 Å². The Hall–Kier alpha value is -0.640. The van der Waals surface area contributed by atoms with Crippen molar-refractivity contribution < 1.29 is 9.50 Å². The zero-order chi connectivity index (χ0) is 14.5. The lowest BCUT2D eigenvalue weighted by atomic mass is 9.79. The number of halogens is 2. The van der Waals surface area contributed by atoms with Crippen molar-refractivity contribution in [3.63, 3.8) is 0 Å². The van der Waals surface area contributed by atoms with Crippen LogP contribution in [0.15, 0.2) is 18.2 Å². The van der Waals surface area contributed by atoms with Crippen molar-refractivity contribution in [1.29, 1.82) is 0 Å². The maximum atomic E-state index is 13.1. The topological polar surface area (TPSA) is 32.3 Å². The van der Waals surface area contributed by atoms with Gasteiger partial charge in [0.1, 0.15) is 5.82 Å². The second-order valence-corrected chi connectivity index (χ2v) is 6.19. The highest BCUT2D eigenvalue weighted by Crippen LogP contribution is 2.30. The van der Waals surface area contributed by atoms with Gasteiger partial charge in [-0.05, 0) is 55.8 Å². The van der Waals surface area contributed by atoms with Gasteiger partial charge in [-0.15, -0.1) is 0 Å². The molecule has 2 N–H and O–H groups in total. The maximum absolute atomic E-state index is 13.1. The standard InChI is InChI=1S/C16H23ClFNO/c1-11(15-7-6-14(18)8-16(15)17)19-9-12-4-2-3-5-13(12)10-20/h6-8,11-13,19-20H,2-5,9-10H2,1H3. The third-order valence-electron chi connectivity index (χ3n) is 4.42. The Morgan fingerprint density at radius 1 is 1.35 bits per heavy atom. The molecule has 0 bridgehead atoms. The summed E-state index contributed by atoms with van der Waals surface area (Å²) < 4.78 is 13.1. The van der Waals surface area contributed by atoms with Gasteiger partial charge in [-0.2, -0.15) is 0 Å². The highest BCUT2D eigenvalue weighted by molar-refractivity contribution is 6.31. The summed E-state index contributed by atoms with van der Waals surface area (Å²) in [6.07, 6.45) is 4.76. The van der Waals surface area contributed by atoms with Crippen LogP contribution in [0, 0.1) is 17.7 Å². The lowest BCUT2D eigenvalue weighted by molar-refractivity contribution is 0.131. The summed E-state index contributed by atoms with van der Waals surface area (Å²) in [7, 11) is 0. The lowest BCUT2D eigenvalue weighted by Gasteiger charge is -2.31. The molecule has 0 saturated heterocycles. The highest BCUT2D eigenvalue weighted by atomic mass is 35.5. The molecule has 1 saturated carbocycles. The van der Waals surface area contributed by atoms with Crippen LogP contribution in [0.1, 0.15) is 44.2 Å². The molecule has 1 aliphatic rings. The van der Waals surface area contributed by atoms with Crippen LogP contribution in [0.25, 0.3) is 0 Å². The van der Waals surface area contributed by atoms with Gasteiger partial charge in [0.05, 0.1) is 0 Å². The van der Waals surface area contributed by atoms with E-state index >= 15 is 0 Å². The van der Waals surface area contributed by atoms with E-state index in [9.17, 15) is 9.50 Å². The first kappa shape index (κ1) is 15.7. The predicted molar refractivity (Wildman–Crippen MR) is 80.4 cm³/mol. The van der Waals surface area contributed by atoms with E-state index in [-0.39, 0.29) is 18.5 Å². The first-order chi connectivity index (χ1) is 9.61. The summed E-state index contributed by atoms with van der Waals surface area (Å²) in [4.78, 5) is 0. The molecule has 0 amide bonds. The summed E-state index contributed by atoms with van der Waals surface area (Å²) in [6, 6.07) is 4.62. The lowest BCUT2D eigenvalue weighted by Crippen LogP contribution is -2.33. The van der Waals surface area contributed by atoms with Gasteiger partial charge in [0.25, 0.3) is 0 Å². The van der Waals surface area contributed by atoms with Crippen molar-refractivity contribution in [3.05, 3.63) is 34.6 Å². The molecule has 0 heterocycles. The zero-order valence-electron chi connectivity index (χ0n) is 11.9. The molecule has 1 fully saturated rings. The summed E-state index contributed by atoms with van der Waals surface area (Å²) in [5, 5.41) is 13.4. The van der Waals surface area contributed by atoms with Crippen molar-refractivity contribution in [2.24, 2.45) is 11.8 Å². The van der Waals surface area contributed by atoms with E-state index in [0.717, 1.165) is 18.5 Å². The number of nitrogens with one attached hydrogen (secondary N) is 1. The van der Waals surface area contributed by atoms with Gasteiger partial charge in [-0.3, -0.25) is 0 Å². The normalized spacial score (nSPS) is 24.6. The number of benzene rings is 1. The third kappa shape index (κ3) is 3.94. The average molecular weight is 300 g/mol. The Kier molecular flexibility index (Phi) is 5.82. The molecule has 0 spiro atoms. The molecular formula is C16H23ClFNO. The van der Waals surface area contributed by atoms with Crippen LogP contribution in [0.4, 0.5) is 4.39 Å². The van der Waals surface area contributed by atoms with Crippen LogP contribution in [-0.2, 0) is 0 Å². The second-order valence-electron chi connectivity index (χ2n) is 5.78. The summed E-state index contributed by atoms with van der Waals surface area (Å²) in [5.74, 6) is 0.626. The van der Waals surface area contributed by atoms with Crippen molar-refractivity contribution in [2.45, 2.75) is 38.6 Å². The van der Waals surface area contributed by atoms with Gasteiger partial charge in [0, 0.05) is 17.7 Å². The molecule has 1 aromatic rings. The maximum Gasteiger partial charge on any atom is 0.124 e. The Labute approximate surface area is 125 Å². The molecule has 2 nitrogen and oxygen atoms in total. The highest BCUT2D eigenvalue weighted by Gasteiger charge is 2.24. The van der Waals surface area contributed by atoms with Crippen molar-refractivity contribution >= 4 is 11.6 Å². The summed E-state index contributed by atoms with van der Waals surface area (Å²) in [6.45, 7) is 3.19. The second kappa shape index (κ2) is 7.39. The van der Waals surface area contributed by atoms with Crippen LogP contribution in [-0.4, -0.2) is 18.3 Å². The van der Waals surface area contributed by atoms with Gasteiger partial charge in [-0.1, -0.05) is 30.5 Å². The van der Waals surface area contributed by atoms with Crippen molar-refractivity contribution in [2.75, 3.05) is 13.2 Å². The van der Waals surface area contributed by atoms with Gasteiger partial charge >= 0.3 is 0 Å². The summed E-state index contributed by atoms with van der Waals surface area (Å²) >= 11 is 6.08. The number of hydrogen-bond acceptors (Lipinski definition) is 2. The van der Waals surface area contributed by atoms with Crippen LogP contribution in [0.5, 0.6) is 0 Å². The first-order valence-electron chi connectivity index (χ1n) is 7.41. The first-order valence-corrected chi connectivity index (χ1v) is 7.78. The fraction of sp³-hybridized carbons (Fsp3) is 0.625.